The molecule has 156 valence electrons. The molecule has 1 N–H and O–H groups in total. The summed E-state index contributed by atoms with van der Waals surface area (Å²) in [5, 5.41) is 10.7. The van der Waals surface area contributed by atoms with E-state index < -0.39 is 17.2 Å². The molecule has 1 aliphatic heterocycles. The van der Waals surface area contributed by atoms with Gasteiger partial charge in [0.25, 0.3) is 11.5 Å². The fourth-order valence-corrected chi connectivity index (χ4v) is 3.94. The maximum absolute atomic E-state index is 12.6. The molecule has 2 aromatic rings. The number of amides is 1. The van der Waals surface area contributed by atoms with Crippen molar-refractivity contribution < 1.29 is 9.53 Å². The van der Waals surface area contributed by atoms with Gasteiger partial charge in [0.05, 0.1) is 13.2 Å². The van der Waals surface area contributed by atoms with E-state index in [1.165, 1.54) is 11.6 Å². The molecule has 11 heteroatoms. The standard InChI is InChI=1S/C18H25N7O4/c1-23-17(27)13-15(25(18(23)28)12-4-2-3-5-12)22-21-14(20-13)16(26)19-6-7-24-8-10-29-11-9-24/h12H,2-11H2,1H3,(H,19,26). The van der Waals surface area contributed by atoms with Gasteiger partial charge in [-0.3, -0.25) is 23.6 Å². The smallest absolute Gasteiger partial charge is 0.332 e. The van der Waals surface area contributed by atoms with Crippen LogP contribution >= 0.6 is 0 Å². The second-order valence-corrected chi connectivity index (χ2v) is 7.47. The van der Waals surface area contributed by atoms with Crippen molar-refractivity contribution in [2.75, 3.05) is 39.4 Å². The van der Waals surface area contributed by atoms with E-state index in [1.54, 1.807) is 0 Å². The van der Waals surface area contributed by atoms with Gasteiger partial charge in [-0.25, -0.2) is 9.78 Å². The average molecular weight is 403 g/mol. The second kappa shape index (κ2) is 8.37. The number of hydrogen-bond acceptors (Lipinski definition) is 8. The molecule has 1 saturated carbocycles. The second-order valence-electron chi connectivity index (χ2n) is 7.47. The third-order valence-electron chi connectivity index (χ3n) is 5.61. The maximum Gasteiger partial charge on any atom is 0.332 e. The van der Waals surface area contributed by atoms with Crippen LogP contribution in [-0.2, 0) is 11.8 Å². The highest BCUT2D eigenvalue weighted by atomic mass is 16.5. The van der Waals surface area contributed by atoms with Crippen molar-refractivity contribution in [2.45, 2.75) is 31.7 Å². The van der Waals surface area contributed by atoms with Crippen molar-refractivity contribution in [1.29, 1.82) is 0 Å². The summed E-state index contributed by atoms with van der Waals surface area (Å²) in [5.74, 6) is -0.665. The topological polar surface area (TPSA) is 124 Å². The number of carbonyl (C=O) groups excluding carboxylic acids is 1. The predicted octanol–water partition coefficient (Wildman–Crippen LogP) is -0.938. The fourth-order valence-electron chi connectivity index (χ4n) is 3.94. The van der Waals surface area contributed by atoms with E-state index in [-0.39, 0.29) is 23.0 Å². The molecule has 29 heavy (non-hydrogen) atoms. The zero-order chi connectivity index (χ0) is 20.4. The number of nitrogens with zero attached hydrogens (tertiary/aromatic N) is 6. The summed E-state index contributed by atoms with van der Waals surface area (Å²) in [6, 6.07) is -0.0268. The molecule has 3 heterocycles. The summed E-state index contributed by atoms with van der Waals surface area (Å²) in [7, 11) is 1.42. The number of morpholine rings is 1. The van der Waals surface area contributed by atoms with E-state index in [2.05, 4.69) is 25.4 Å². The number of aromatic nitrogens is 5. The van der Waals surface area contributed by atoms with Crippen LogP contribution in [0.3, 0.4) is 0 Å². The van der Waals surface area contributed by atoms with Crippen LogP contribution in [0.5, 0.6) is 0 Å². The molecule has 0 unspecified atom stereocenters. The van der Waals surface area contributed by atoms with Gasteiger partial charge in [-0.05, 0) is 12.8 Å². The van der Waals surface area contributed by atoms with Crippen LogP contribution < -0.4 is 16.6 Å². The van der Waals surface area contributed by atoms with Gasteiger partial charge in [0.1, 0.15) is 0 Å². The number of ether oxygens (including phenoxy) is 1. The van der Waals surface area contributed by atoms with Crippen molar-refractivity contribution in [3.05, 3.63) is 26.7 Å². The minimum absolute atomic E-state index is 0.00710. The summed E-state index contributed by atoms with van der Waals surface area (Å²) < 4.78 is 7.83. The molecule has 2 aliphatic rings. The van der Waals surface area contributed by atoms with Crippen LogP contribution in [0, 0.1) is 0 Å². The zero-order valence-electron chi connectivity index (χ0n) is 16.5. The summed E-state index contributed by atoms with van der Waals surface area (Å²) >= 11 is 0. The van der Waals surface area contributed by atoms with Gasteiger partial charge in [-0.2, -0.15) is 0 Å². The number of nitrogens with one attached hydrogen (secondary N) is 1. The minimum Gasteiger partial charge on any atom is -0.379 e. The Morgan fingerprint density at radius 2 is 1.90 bits per heavy atom. The van der Waals surface area contributed by atoms with Crippen LogP contribution in [0.4, 0.5) is 0 Å². The van der Waals surface area contributed by atoms with Crippen LogP contribution in [-0.4, -0.2) is 74.5 Å². The molecule has 1 amide bonds. The molecule has 0 spiro atoms. The monoisotopic (exact) mass is 403 g/mol. The summed E-state index contributed by atoms with van der Waals surface area (Å²) in [4.78, 5) is 44.0. The molecule has 2 fully saturated rings. The van der Waals surface area contributed by atoms with Gasteiger partial charge in [-0.1, -0.05) is 12.8 Å². The molecular formula is C18H25N7O4. The van der Waals surface area contributed by atoms with Crippen molar-refractivity contribution >= 4 is 17.1 Å². The highest BCUT2D eigenvalue weighted by Crippen LogP contribution is 2.29. The van der Waals surface area contributed by atoms with E-state index in [0.29, 0.717) is 26.3 Å². The van der Waals surface area contributed by atoms with Crippen molar-refractivity contribution in [3.63, 3.8) is 0 Å². The highest BCUT2D eigenvalue weighted by molar-refractivity contribution is 5.91. The third kappa shape index (κ3) is 3.92. The Kier molecular flexibility index (Phi) is 5.67. The molecule has 0 atom stereocenters. The number of fused-ring (bicyclic) bond motifs is 1. The lowest BCUT2D eigenvalue weighted by Crippen LogP contribution is -2.42. The van der Waals surface area contributed by atoms with E-state index in [9.17, 15) is 14.4 Å². The normalized spacial score (nSPS) is 18.4. The first-order valence-electron chi connectivity index (χ1n) is 10.0. The molecule has 0 radical (unpaired) electrons. The van der Waals surface area contributed by atoms with Crippen molar-refractivity contribution in [2.24, 2.45) is 7.05 Å². The molecule has 0 aromatic carbocycles. The van der Waals surface area contributed by atoms with Gasteiger partial charge in [0.2, 0.25) is 5.82 Å². The highest BCUT2D eigenvalue weighted by Gasteiger charge is 2.25. The lowest BCUT2D eigenvalue weighted by molar-refractivity contribution is 0.0383. The Labute approximate surface area is 166 Å². The van der Waals surface area contributed by atoms with E-state index in [0.717, 1.165) is 43.3 Å². The van der Waals surface area contributed by atoms with Gasteiger partial charge >= 0.3 is 5.69 Å². The Hall–Kier alpha value is -2.66. The predicted molar refractivity (Wildman–Crippen MR) is 104 cm³/mol. The molecule has 1 saturated heterocycles. The van der Waals surface area contributed by atoms with E-state index in [1.807, 2.05) is 0 Å². The fraction of sp³-hybridized carbons (Fsp3) is 0.667. The van der Waals surface area contributed by atoms with Crippen LogP contribution in [0.15, 0.2) is 9.59 Å². The lowest BCUT2D eigenvalue weighted by atomic mass is 10.2. The number of carbonyl (C=O) groups is 1. The van der Waals surface area contributed by atoms with Crippen molar-refractivity contribution in [1.82, 2.24) is 34.5 Å². The van der Waals surface area contributed by atoms with Gasteiger partial charge < -0.3 is 10.1 Å². The molecule has 2 aromatic heterocycles. The maximum atomic E-state index is 12.6. The first-order chi connectivity index (χ1) is 14.1. The minimum atomic E-state index is -0.573. The Morgan fingerprint density at radius 1 is 1.17 bits per heavy atom. The van der Waals surface area contributed by atoms with Gasteiger partial charge in [0, 0.05) is 39.3 Å². The molecule has 1 aliphatic carbocycles. The van der Waals surface area contributed by atoms with Gasteiger partial charge in [0.15, 0.2) is 11.2 Å². The first kappa shape index (κ1) is 19.6. The van der Waals surface area contributed by atoms with Crippen LogP contribution in [0.25, 0.3) is 11.2 Å². The van der Waals surface area contributed by atoms with E-state index in [4.69, 9.17) is 4.74 Å². The molecule has 0 bridgehead atoms. The summed E-state index contributed by atoms with van der Waals surface area (Å²) in [5.41, 5.74) is -0.855. The van der Waals surface area contributed by atoms with Gasteiger partial charge in [-0.15, -0.1) is 10.2 Å². The van der Waals surface area contributed by atoms with Crippen LogP contribution in [0.2, 0.25) is 0 Å². The number of hydrogen-bond donors (Lipinski definition) is 1. The molecular weight excluding hydrogens is 378 g/mol. The largest absolute Gasteiger partial charge is 0.379 e. The number of rotatable bonds is 5. The Balaban J connectivity index is 1.57. The first-order valence-corrected chi connectivity index (χ1v) is 10.0. The SMILES string of the molecule is Cn1c(=O)c2nc(C(=O)NCCN3CCOCC3)nnc2n(C2CCCC2)c1=O. The average Bonchev–Trinajstić information content (AvgIpc) is 3.27. The quantitative estimate of drug-likeness (QED) is 0.678. The lowest BCUT2D eigenvalue weighted by Gasteiger charge is -2.26. The molecule has 11 nitrogen and oxygen atoms in total. The summed E-state index contributed by atoms with van der Waals surface area (Å²) in [6.07, 6.45) is 3.73. The molecule has 4 rings (SSSR count). The van der Waals surface area contributed by atoms with E-state index >= 15 is 0 Å². The Morgan fingerprint density at radius 3 is 2.62 bits per heavy atom. The van der Waals surface area contributed by atoms with Crippen LogP contribution in [0.1, 0.15) is 42.3 Å². The van der Waals surface area contributed by atoms with Crippen molar-refractivity contribution in [3.8, 4) is 0 Å². The zero-order valence-corrected chi connectivity index (χ0v) is 16.5. The summed E-state index contributed by atoms with van der Waals surface area (Å²) in [6.45, 7) is 4.17. The third-order valence-corrected chi connectivity index (χ3v) is 5.61. The Bertz CT molecular complexity index is 1020.